The van der Waals surface area contributed by atoms with Gasteiger partial charge in [0.25, 0.3) is 15.6 Å². The summed E-state index contributed by atoms with van der Waals surface area (Å²) in [6.45, 7) is 1.63. The van der Waals surface area contributed by atoms with E-state index in [4.69, 9.17) is 4.74 Å². The van der Waals surface area contributed by atoms with Gasteiger partial charge in [-0.3, -0.25) is 9.52 Å². The third-order valence-electron chi connectivity index (χ3n) is 7.44. The smallest absolute Gasteiger partial charge is 0.317 e. The lowest BCUT2D eigenvalue weighted by Crippen LogP contribution is -2.53. The number of benzene rings is 1. The fourth-order valence-corrected chi connectivity index (χ4v) is 6.72. The maximum atomic E-state index is 13.3. The molecule has 2 unspecified atom stereocenters. The Kier molecular flexibility index (Phi) is 6.48. The Balaban J connectivity index is 1.32. The summed E-state index contributed by atoms with van der Waals surface area (Å²) in [5, 5.41) is 3.20. The van der Waals surface area contributed by atoms with E-state index in [0.717, 1.165) is 37.8 Å². The number of aromatic nitrogens is 1. The molecule has 1 aliphatic carbocycles. The summed E-state index contributed by atoms with van der Waals surface area (Å²) in [5.74, 6) is 0.759. The van der Waals surface area contributed by atoms with Gasteiger partial charge in [-0.1, -0.05) is 19.3 Å². The molecule has 2 aromatic rings. The molecule has 3 aliphatic rings. The average Bonchev–Trinajstić information content (AvgIpc) is 2.86. The molecule has 2 N–H and O–H groups in total. The predicted molar refractivity (Wildman–Crippen MR) is 132 cm³/mol. The Labute approximate surface area is 205 Å². The highest BCUT2D eigenvalue weighted by Crippen LogP contribution is 2.35. The number of methoxy groups -OCH3 is 1. The van der Waals surface area contributed by atoms with E-state index in [9.17, 15) is 18.0 Å². The molecule has 2 amide bonds. The van der Waals surface area contributed by atoms with Crippen molar-refractivity contribution in [2.75, 3.05) is 24.9 Å². The van der Waals surface area contributed by atoms with Crippen molar-refractivity contribution in [2.24, 2.45) is 5.92 Å². The Bertz CT molecular complexity index is 1250. The molecule has 35 heavy (non-hydrogen) atoms. The third-order valence-corrected chi connectivity index (χ3v) is 8.82. The fourth-order valence-electron chi connectivity index (χ4n) is 5.66. The normalized spacial score (nSPS) is 22.3. The van der Waals surface area contributed by atoms with Crippen molar-refractivity contribution in [2.45, 2.75) is 61.9 Å². The summed E-state index contributed by atoms with van der Waals surface area (Å²) >= 11 is 0. The molecule has 2 atom stereocenters. The van der Waals surface area contributed by atoms with Crippen LogP contribution in [0, 0.1) is 5.92 Å². The molecule has 3 heterocycles. The second-order valence-electron chi connectivity index (χ2n) is 9.86. The van der Waals surface area contributed by atoms with E-state index in [2.05, 4.69) is 10.0 Å². The zero-order chi connectivity index (χ0) is 24.6. The summed E-state index contributed by atoms with van der Waals surface area (Å²) in [6.07, 6.45) is 6.57. The van der Waals surface area contributed by atoms with Crippen LogP contribution in [0.25, 0.3) is 0 Å². The minimum absolute atomic E-state index is 0.00808. The minimum atomic E-state index is -3.92. The van der Waals surface area contributed by atoms with Crippen LogP contribution in [0.3, 0.4) is 0 Å². The second-order valence-corrected chi connectivity index (χ2v) is 11.5. The number of nitrogens with zero attached hydrogens (tertiary/aromatic N) is 2. The van der Waals surface area contributed by atoms with Gasteiger partial charge in [0.2, 0.25) is 0 Å². The van der Waals surface area contributed by atoms with Gasteiger partial charge in [0, 0.05) is 37.3 Å². The molecular formula is C25H32N4O5S. The van der Waals surface area contributed by atoms with E-state index < -0.39 is 10.0 Å². The van der Waals surface area contributed by atoms with Crippen LogP contribution in [-0.2, 0) is 16.6 Å². The first-order valence-corrected chi connectivity index (χ1v) is 13.8. The van der Waals surface area contributed by atoms with Gasteiger partial charge in [-0.15, -0.1) is 0 Å². The maximum absolute atomic E-state index is 13.3. The van der Waals surface area contributed by atoms with Gasteiger partial charge < -0.3 is 19.5 Å². The van der Waals surface area contributed by atoms with Crippen molar-refractivity contribution in [3.05, 3.63) is 52.4 Å². The molecule has 9 nitrogen and oxygen atoms in total. The lowest BCUT2D eigenvalue weighted by molar-refractivity contribution is 0.127. The van der Waals surface area contributed by atoms with Crippen LogP contribution >= 0.6 is 0 Å². The van der Waals surface area contributed by atoms with Gasteiger partial charge in [-0.2, -0.15) is 0 Å². The fraction of sp³-hybridized carbons (Fsp3) is 0.520. The lowest BCUT2D eigenvalue weighted by atomic mass is 9.83. The van der Waals surface area contributed by atoms with Crippen LogP contribution < -0.4 is 20.3 Å². The topological polar surface area (TPSA) is 110 Å². The number of anilines is 1. The van der Waals surface area contributed by atoms with E-state index in [-0.39, 0.29) is 40.1 Å². The van der Waals surface area contributed by atoms with Gasteiger partial charge >= 0.3 is 6.03 Å². The number of ether oxygens (including phenoxy) is 1. The molecule has 1 saturated carbocycles. The molecule has 1 aromatic carbocycles. The Morgan fingerprint density at radius 2 is 1.74 bits per heavy atom. The number of carbonyl (C=O) groups is 1. The molecule has 0 spiro atoms. The summed E-state index contributed by atoms with van der Waals surface area (Å²) in [5.41, 5.74) is 0.527. The molecule has 0 radical (unpaired) electrons. The number of piperidine rings is 1. The summed E-state index contributed by atoms with van der Waals surface area (Å²) in [6, 6.07) is 9.61. The molecule has 1 saturated heterocycles. The zero-order valence-electron chi connectivity index (χ0n) is 19.9. The molecule has 10 heteroatoms. The average molecular weight is 501 g/mol. The highest BCUT2D eigenvalue weighted by atomic mass is 32.2. The third kappa shape index (κ3) is 4.89. The molecule has 2 bridgehead atoms. The number of likely N-dealkylation sites (tertiary alicyclic amines) is 1. The Morgan fingerprint density at radius 3 is 2.46 bits per heavy atom. The molecule has 1 aromatic heterocycles. The molecule has 188 valence electrons. The Morgan fingerprint density at radius 1 is 1.00 bits per heavy atom. The predicted octanol–water partition coefficient (Wildman–Crippen LogP) is 3.12. The number of fused-ring (bicyclic) bond motifs is 4. The summed E-state index contributed by atoms with van der Waals surface area (Å²) < 4.78 is 34.9. The van der Waals surface area contributed by atoms with Crippen LogP contribution in [0.15, 0.2) is 46.1 Å². The number of sulfonamides is 1. The Hall–Kier alpha value is -3.01. The number of hydrogen-bond donors (Lipinski definition) is 2. The van der Waals surface area contributed by atoms with Crippen molar-refractivity contribution >= 4 is 21.7 Å². The summed E-state index contributed by atoms with van der Waals surface area (Å²) in [7, 11) is -2.41. The van der Waals surface area contributed by atoms with Gasteiger partial charge in [-0.05, 0) is 61.6 Å². The highest BCUT2D eigenvalue weighted by Gasteiger charge is 2.37. The van der Waals surface area contributed by atoms with Crippen molar-refractivity contribution in [3.63, 3.8) is 0 Å². The van der Waals surface area contributed by atoms with Gasteiger partial charge in [0.15, 0.2) is 0 Å². The summed E-state index contributed by atoms with van der Waals surface area (Å²) in [4.78, 5) is 28.1. The van der Waals surface area contributed by atoms with Crippen LogP contribution in [0.1, 0.15) is 50.1 Å². The van der Waals surface area contributed by atoms with Crippen molar-refractivity contribution in [1.29, 1.82) is 0 Å². The van der Waals surface area contributed by atoms with Gasteiger partial charge in [-0.25, -0.2) is 13.2 Å². The number of urea groups is 1. The first kappa shape index (κ1) is 23.7. The van der Waals surface area contributed by atoms with Gasteiger partial charge in [0.1, 0.15) is 11.4 Å². The van der Waals surface area contributed by atoms with E-state index in [0.29, 0.717) is 25.4 Å². The zero-order valence-corrected chi connectivity index (χ0v) is 20.7. The number of pyridine rings is 1. The highest BCUT2D eigenvalue weighted by molar-refractivity contribution is 7.92. The van der Waals surface area contributed by atoms with Gasteiger partial charge in [0.05, 0.1) is 12.0 Å². The molecular weight excluding hydrogens is 468 g/mol. The van der Waals surface area contributed by atoms with Crippen molar-refractivity contribution in [1.82, 2.24) is 14.8 Å². The molecule has 2 fully saturated rings. The lowest BCUT2D eigenvalue weighted by Gasteiger charge is -2.43. The first-order valence-electron chi connectivity index (χ1n) is 12.3. The largest absolute Gasteiger partial charge is 0.497 e. The first-order chi connectivity index (χ1) is 16.8. The minimum Gasteiger partial charge on any atom is -0.497 e. The number of rotatable bonds is 5. The van der Waals surface area contributed by atoms with E-state index in [1.807, 2.05) is 11.0 Å². The number of carbonyl (C=O) groups excluding carboxylic acids is 1. The van der Waals surface area contributed by atoms with E-state index in [1.54, 1.807) is 16.7 Å². The number of amides is 2. The van der Waals surface area contributed by atoms with E-state index >= 15 is 0 Å². The van der Waals surface area contributed by atoms with Crippen molar-refractivity contribution in [3.8, 4) is 5.75 Å². The molecule has 2 aliphatic heterocycles. The second kappa shape index (κ2) is 9.56. The maximum Gasteiger partial charge on any atom is 0.317 e. The van der Waals surface area contributed by atoms with Crippen molar-refractivity contribution < 1.29 is 17.9 Å². The van der Waals surface area contributed by atoms with Crippen LogP contribution in [0.4, 0.5) is 10.5 Å². The van der Waals surface area contributed by atoms with Crippen LogP contribution in [-0.4, -0.2) is 50.2 Å². The molecule has 5 rings (SSSR count). The van der Waals surface area contributed by atoms with E-state index in [1.165, 1.54) is 31.7 Å². The number of hydrogen-bond acceptors (Lipinski definition) is 5. The van der Waals surface area contributed by atoms with Crippen LogP contribution in [0.5, 0.6) is 5.75 Å². The SMILES string of the molecule is COc1ccc(S(=O)(=O)Nc2ccc3n(c2=O)CC2CC3CN(C(=O)NC3CCCCC3)C2)cc1. The number of nitrogens with one attached hydrogen (secondary N) is 2. The standard InChI is InChI=1S/C25H32N4O5S/c1-34-20-7-9-21(10-8-20)35(32,33)27-22-11-12-23-18-13-17(15-29(23)24(22)30)14-28(16-18)25(31)26-19-5-3-2-4-6-19/h7-12,17-19,27H,2-6,13-16H2,1H3,(H,26,31). The quantitative estimate of drug-likeness (QED) is 0.656. The van der Waals surface area contributed by atoms with Crippen LogP contribution in [0.2, 0.25) is 0 Å². The monoisotopic (exact) mass is 500 g/mol.